The molecule has 0 aliphatic carbocycles. The smallest absolute Gasteiger partial charge is 0.308 e. The van der Waals surface area contributed by atoms with Gasteiger partial charge in [0.15, 0.2) is 11.5 Å². The van der Waals surface area contributed by atoms with E-state index in [2.05, 4.69) is 29.2 Å². The van der Waals surface area contributed by atoms with Gasteiger partial charge in [0.1, 0.15) is 5.54 Å². The molecule has 1 atom stereocenters. The van der Waals surface area contributed by atoms with Crippen LogP contribution in [0, 0.1) is 0 Å². The van der Waals surface area contributed by atoms with Gasteiger partial charge in [0.25, 0.3) is 0 Å². The number of amides is 1. The molecule has 37 heavy (non-hydrogen) atoms. The zero-order chi connectivity index (χ0) is 26.6. The minimum atomic E-state index is -0.851. The monoisotopic (exact) mass is 500 g/mol. The Morgan fingerprint density at radius 1 is 0.838 bits per heavy atom. The van der Waals surface area contributed by atoms with E-state index in [1.165, 1.54) is 13.8 Å². The Morgan fingerprint density at radius 2 is 1.38 bits per heavy atom. The number of ether oxygens (including phenoxy) is 2. The normalized spacial score (nSPS) is 18.1. The fraction of sp³-hybridized carbons (Fsp3) is 0.300. The first kappa shape index (κ1) is 26.1. The van der Waals surface area contributed by atoms with Crippen LogP contribution in [0.25, 0.3) is 0 Å². The molecular weight excluding hydrogens is 468 g/mol. The second kappa shape index (κ2) is 11.0. The molecule has 1 amide bonds. The van der Waals surface area contributed by atoms with Gasteiger partial charge in [-0.15, -0.1) is 0 Å². The first-order valence-corrected chi connectivity index (χ1v) is 12.3. The second-order valence-corrected chi connectivity index (χ2v) is 9.56. The Kier molecular flexibility index (Phi) is 7.74. The van der Waals surface area contributed by atoms with E-state index in [1.807, 2.05) is 55.3 Å². The third kappa shape index (κ3) is 5.73. The lowest BCUT2D eigenvalue weighted by molar-refractivity contribution is -0.151. The maximum atomic E-state index is 14.3. The standard InChI is InChI=1S/C30H32N2O5/c1-21(33)36-26-16-15-23(19-27(26)37-22(2)34)20-30(3)29(35)32(18-17-31(30)4)28(24-11-7-5-8-12-24)25-13-9-6-10-14-25/h5-16,19,28H,17-18,20H2,1-4H3. The third-order valence-electron chi connectivity index (χ3n) is 6.85. The summed E-state index contributed by atoms with van der Waals surface area (Å²) >= 11 is 0. The molecule has 1 heterocycles. The number of piperazine rings is 1. The summed E-state index contributed by atoms with van der Waals surface area (Å²) in [6.45, 7) is 5.80. The zero-order valence-electron chi connectivity index (χ0n) is 21.6. The summed E-state index contributed by atoms with van der Waals surface area (Å²) in [7, 11) is 1.95. The van der Waals surface area contributed by atoms with Crippen molar-refractivity contribution in [2.45, 2.75) is 38.8 Å². The van der Waals surface area contributed by atoms with Crippen LogP contribution in [0.4, 0.5) is 0 Å². The molecule has 7 nitrogen and oxygen atoms in total. The lowest BCUT2D eigenvalue weighted by atomic mass is 9.85. The van der Waals surface area contributed by atoms with Gasteiger partial charge in [0, 0.05) is 26.9 Å². The van der Waals surface area contributed by atoms with Gasteiger partial charge in [-0.1, -0.05) is 66.7 Å². The topological polar surface area (TPSA) is 76.2 Å². The Morgan fingerprint density at radius 3 is 1.92 bits per heavy atom. The van der Waals surface area contributed by atoms with Crippen molar-refractivity contribution in [1.82, 2.24) is 9.80 Å². The number of likely N-dealkylation sites (N-methyl/N-ethyl adjacent to an activating group) is 1. The molecule has 3 aromatic carbocycles. The lowest BCUT2D eigenvalue weighted by Crippen LogP contribution is -2.64. The average Bonchev–Trinajstić information content (AvgIpc) is 2.87. The van der Waals surface area contributed by atoms with Gasteiger partial charge in [-0.05, 0) is 49.2 Å². The predicted octanol–water partition coefficient (Wildman–Crippen LogP) is 4.40. The van der Waals surface area contributed by atoms with E-state index in [4.69, 9.17) is 9.47 Å². The molecular formula is C30H32N2O5. The quantitative estimate of drug-likeness (QED) is 0.354. The summed E-state index contributed by atoms with van der Waals surface area (Å²) in [5.74, 6) is -0.717. The molecule has 0 bridgehead atoms. The lowest BCUT2D eigenvalue weighted by Gasteiger charge is -2.49. The van der Waals surface area contributed by atoms with Crippen LogP contribution in [0.2, 0.25) is 0 Å². The van der Waals surface area contributed by atoms with Crippen molar-refractivity contribution in [3.05, 3.63) is 95.6 Å². The summed E-state index contributed by atoms with van der Waals surface area (Å²) in [5, 5.41) is 0. The van der Waals surface area contributed by atoms with E-state index in [9.17, 15) is 14.4 Å². The first-order valence-electron chi connectivity index (χ1n) is 12.3. The van der Waals surface area contributed by atoms with Crippen LogP contribution < -0.4 is 9.47 Å². The molecule has 3 aromatic rings. The maximum Gasteiger partial charge on any atom is 0.308 e. The Hall–Kier alpha value is -3.97. The van der Waals surface area contributed by atoms with E-state index >= 15 is 0 Å². The minimum absolute atomic E-state index is 0.0112. The number of hydrogen-bond acceptors (Lipinski definition) is 6. The number of rotatable bonds is 7. The van der Waals surface area contributed by atoms with Gasteiger partial charge >= 0.3 is 11.9 Å². The summed E-state index contributed by atoms with van der Waals surface area (Å²) in [5.41, 5.74) is 2.04. The molecule has 1 unspecified atom stereocenters. The Balaban J connectivity index is 1.69. The molecule has 7 heteroatoms. The van der Waals surface area contributed by atoms with Crippen molar-refractivity contribution in [2.75, 3.05) is 20.1 Å². The second-order valence-electron chi connectivity index (χ2n) is 9.56. The molecule has 1 aliphatic heterocycles. The Bertz CT molecular complexity index is 1240. The van der Waals surface area contributed by atoms with Crippen molar-refractivity contribution in [1.29, 1.82) is 0 Å². The first-order chi connectivity index (χ1) is 17.7. The summed E-state index contributed by atoms with van der Waals surface area (Å²) in [6, 6.07) is 25.0. The van der Waals surface area contributed by atoms with Gasteiger partial charge in [-0.3, -0.25) is 19.3 Å². The van der Waals surface area contributed by atoms with Crippen LogP contribution in [0.15, 0.2) is 78.9 Å². The fourth-order valence-corrected chi connectivity index (χ4v) is 4.89. The van der Waals surface area contributed by atoms with Crippen LogP contribution >= 0.6 is 0 Å². The summed E-state index contributed by atoms with van der Waals surface area (Å²) < 4.78 is 10.5. The summed E-state index contributed by atoms with van der Waals surface area (Å²) in [6.07, 6.45) is 0.379. The highest BCUT2D eigenvalue weighted by molar-refractivity contribution is 5.88. The fourth-order valence-electron chi connectivity index (χ4n) is 4.89. The number of esters is 2. The molecule has 192 valence electrons. The van der Waals surface area contributed by atoms with E-state index in [1.54, 1.807) is 18.2 Å². The zero-order valence-corrected chi connectivity index (χ0v) is 21.6. The SMILES string of the molecule is CC(=O)Oc1ccc(CC2(C)C(=O)N(C(c3ccccc3)c3ccccc3)CCN2C)cc1OC(C)=O. The largest absolute Gasteiger partial charge is 0.423 e. The van der Waals surface area contributed by atoms with E-state index in [0.717, 1.165) is 16.7 Å². The molecule has 0 N–H and O–H groups in total. The molecule has 0 radical (unpaired) electrons. The summed E-state index contributed by atoms with van der Waals surface area (Å²) in [4.78, 5) is 41.5. The van der Waals surface area contributed by atoms with Crippen molar-refractivity contribution >= 4 is 17.8 Å². The van der Waals surface area contributed by atoms with Gasteiger partial charge in [-0.25, -0.2) is 0 Å². The maximum absolute atomic E-state index is 14.3. The average molecular weight is 501 g/mol. The van der Waals surface area contributed by atoms with Crippen molar-refractivity contribution in [3.8, 4) is 11.5 Å². The highest BCUT2D eigenvalue weighted by atomic mass is 16.6. The van der Waals surface area contributed by atoms with Gasteiger partial charge in [0.05, 0.1) is 6.04 Å². The van der Waals surface area contributed by atoms with Gasteiger partial charge < -0.3 is 14.4 Å². The number of benzene rings is 3. The molecule has 1 fully saturated rings. The molecule has 0 aromatic heterocycles. The number of carbonyl (C=O) groups is 3. The number of nitrogens with zero attached hydrogens (tertiary/aromatic N) is 2. The predicted molar refractivity (Wildman–Crippen MR) is 140 cm³/mol. The molecule has 0 spiro atoms. The van der Waals surface area contributed by atoms with E-state index in [0.29, 0.717) is 19.5 Å². The van der Waals surface area contributed by atoms with Crippen molar-refractivity contribution in [3.63, 3.8) is 0 Å². The van der Waals surface area contributed by atoms with Crippen LogP contribution in [-0.2, 0) is 20.8 Å². The van der Waals surface area contributed by atoms with Gasteiger partial charge in [0.2, 0.25) is 5.91 Å². The van der Waals surface area contributed by atoms with Crippen LogP contribution in [0.3, 0.4) is 0 Å². The van der Waals surface area contributed by atoms with Crippen molar-refractivity contribution in [2.24, 2.45) is 0 Å². The van der Waals surface area contributed by atoms with E-state index in [-0.39, 0.29) is 23.4 Å². The van der Waals surface area contributed by atoms with Crippen LogP contribution in [0.1, 0.15) is 43.5 Å². The minimum Gasteiger partial charge on any atom is -0.423 e. The number of hydrogen-bond donors (Lipinski definition) is 0. The number of carbonyl (C=O) groups excluding carboxylic acids is 3. The van der Waals surface area contributed by atoms with Crippen LogP contribution in [-0.4, -0.2) is 53.3 Å². The highest BCUT2D eigenvalue weighted by Gasteiger charge is 2.46. The highest BCUT2D eigenvalue weighted by Crippen LogP contribution is 2.37. The van der Waals surface area contributed by atoms with Crippen molar-refractivity contribution < 1.29 is 23.9 Å². The molecule has 4 rings (SSSR count). The van der Waals surface area contributed by atoms with Crippen LogP contribution in [0.5, 0.6) is 11.5 Å². The molecule has 1 saturated heterocycles. The van der Waals surface area contributed by atoms with Gasteiger partial charge in [-0.2, -0.15) is 0 Å². The molecule has 0 saturated carbocycles. The molecule has 1 aliphatic rings. The Labute approximate surface area is 217 Å². The van der Waals surface area contributed by atoms with E-state index < -0.39 is 17.5 Å². The third-order valence-corrected chi connectivity index (χ3v) is 6.85.